The molecule has 0 N–H and O–H groups in total. The van der Waals surface area contributed by atoms with E-state index >= 15 is 0 Å². The highest BCUT2D eigenvalue weighted by molar-refractivity contribution is 7.15. The molecule has 0 spiro atoms. The van der Waals surface area contributed by atoms with Crippen molar-refractivity contribution < 1.29 is 13.2 Å². The van der Waals surface area contributed by atoms with Crippen LogP contribution in [0, 0.1) is 0 Å². The number of thiazole rings is 1. The summed E-state index contributed by atoms with van der Waals surface area (Å²) in [6.07, 6.45) is -2.30. The lowest BCUT2D eigenvalue weighted by Crippen LogP contribution is -2.18. The van der Waals surface area contributed by atoms with E-state index in [1.165, 1.54) is 11.3 Å². The Morgan fingerprint density at radius 2 is 1.67 bits per heavy atom. The Labute approximate surface area is 109 Å². The summed E-state index contributed by atoms with van der Waals surface area (Å²) < 4.78 is 39.0. The molecule has 102 valence electrons. The number of alkyl halides is 3. The fourth-order valence-corrected chi connectivity index (χ4v) is 3.25. The van der Waals surface area contributed by atoms with Crippen molar-refractivity contribution in [2.24, 2.45) is 0 Å². The van der Waals surface area contributed by atoms with Crippen LogP contribution in [0.3, 0.4) is 0 Å². The molecule has 2 rings (SSSR count). The van der Waals surface area contributed by atoms with Crippen LogP contribution in [0.4, 0.5) is 18.3 Å². The lowest BCUT2D eigenvalue weighted by Gasteiger charge is -2.18. The van der Waals surface area contributed by atoms with Crippen molar-refractivity contribution in [3.8, 4) is 0 Å². The van der Waals surface area contributed by atoms with E-state index in [1.54, 1.807) is 20.8 Å². The lowest BCUT2D eigenvalue weighted by molar-refractivity contribution is -0.141. The van der Waals surface area contributed by atoms with Crippen LogP contribution < -0.4 is 4.90 Å². The number of rotatable bonds is 1. The molecule has 1 fully saturated rings. The molecule has 6 heteroatoms. The first kappa shape index (κ1) is 13.6. The summed E-state index contributed by atoms with van der Waals surface area (Å²) in [6.45, 7) is 7.01. The van der Waals surface area contributed by atoms with E-state index in [9.17, 15) is 13.2 Å². The van der Waals surface area contributed by atoms with E-state index < -0.39 is 17.3 Å². The molecule has 1 aliphatic rings. The van der Waals surface area contributed by atoms with E-state index in [2.05, 4.69) is 4.98 Å². The third-order valence-corrected chi connectivity index (χ3v) is 4.48. The molecule has 18 heavy (non-hydrogen) atoms. The van der Waals surface area contributed by atoms with Gasteiger partial charge >= 0.3 is 6.18 Å². The first-order valence-corrected chi connectivity index (χ1v) is 6.84. The Bertz CT molecular complexity index is 394. The maximum Gasteiger partial charge on any atom is 0.434 e. The van der Waals surface area contributed by atoms with Gasteiger partial charge in [-0.2, -0.15) is 13.2 Å². The molecular weight excluding hydrogens is 261 g/mol. The Kier molecular flexibility index (Phi) is 3.34. The zero-order valence-corrected chi connectivity index (χ0v) is 11.6. The van der Waals surface area contributed by atoms with Gasteiger partial charge in [0.05, 0.1) is 0 Å². The Morgan fingerprint density at radius 3 is 2.06 bits per heavy atom. The smallest absolute Gasteiger partial charge is 0.348 e. The highest BCUT2D eigenvalue weighted by atomic mass is 32.1. The average Bonchev–Trinajstić information content (AvgIpc) is 2.84. The number of aromatic nitrogens is 1. The second kappa shape index (κ2) is 4.40. The van der Waals surface area contributed by atoms with Crippen molar-refractivity contribution >= 4 is 16.5 Å². The van der Waals surface area contributed by atoms with Gasteiger partial charge in [0.2, 0.25) is 0 Å². The Hall–Kier alpha value is -0.780. The van der Waals surface area contributed by atoms with Crippen LogP contribution in [-0.4, -0.2) is 18.1 Å². The van der Waals surface area contributed by atoms with Gasteiger partial charge in [-0.05, 0) is 18.3 Å². The highest BCUT2D eigenvalue weighted by Gasteiger charge is 2.41. The van der Waals surface area contributed by atoms with Crippen LogP contribution >= 0.6 is 11.3 Å². The standard InChI is InChI=1S/C12H17F3N2S/c1-11(2,3)9-8(12(13,14)15)16-10(18-9)17-6-4-5-7-17/h4-7H2,1-3H3. The van der Waals surface area contributed by atoms with Crippen molar-refractivity contribution in [2.45, 2.75) is 45.2 Å². The van der Waals surface area contributed by atoms with E-state index in [1.807, 2.05) is 4.90 Å². The molecule has 1 aromatic rings. The number of hydrogen-bond acceptors (Lipinski definition) is 3. The van der Waals surface area contributed by atoms with Crippen LogP contribution in [0.15, 0.2) is 0 Å². The van der Waals surface area contributed by atoms with Gasteiger partial charge < -0.3 is 4.90 Å². The average molecular weight is 278 g/mol. The minimum absolute atomic E-state index is 0.330. The predicted molar refractivity (Wildman–Crippen MR) is 67.3 cm³/mol. The Morgan fingerprint density at radius 1 is 1.11 bits per heavy atom. The molecule has 2 heterocycles. The molecule has 0 atom stereocenters. The molecule has 0 aliphatic carbocycles. The largest absolute Gasteiger partial charge is 0.434 e. The summed E-state index contributed by atoms with van der Waals surface area (Å²) >= 11 is 1.19. The van der Waals surface area contributed by atoms with Crippen molar-refractivity contribution in [3.63, 3.8) is 0 Å². The summed E-state index contributed by atoms with van der Waals surface area (Å²) in [4.78, 5) is 6.13. The van der Waals surface area contributed by atoms with Crippen molar-refractivity contribution in [3.05, 3.63) is 10.6 Å². The molecule has 1 aromatic heterocycles. The van der Waals surface area contributed by atoms with Crippen molar-refractivity contribution in [1.82, 2.24) is 4.98 Å². The predicted octanol–water partition coefficient (Wildman–Crippen LogP) is 4.06. The van der Waals surface area contributed by atoms with Crippen LogP contribution in [0.5, 0.6) is 0 Å². The molecular formula is C12H17F3N2S. The number of hydrogen-bond donors (Lipinski definition) is 0. The van der Waals surface area contributed by atoms with E-state index in [4.69, 9.17) is 0 Å². The quantitative estimate of drug-likeness (QED) is 0.770. The van der Waals surface area contributed by atoms with Crippen LogP contribution in [0.25, 0.3) is 0 Å². The molecule has 0 radical (unpaired) electrons. The number of nitrogens with zero attached hydrogens (tertiary/aromatic N) is 2. The first-order chi connectivity index (χ1) is 8.19. The summed E-state index contributed by atoms with van der Waals surface area (Å²) in [6, 6.07) is 0. The summed E-state index contributed by atoms with van der Waals surface area (Å²) in [5, 5.41) is 0.518. The van der Waals surface area contributed by atoms with E-state index in [0.717, 1.165) is 25.9 Å². The van der Waals surface area contributed by atoms with Crippen LogP contribution in [-0.2, 0) is 11.6 Å². The van der Waals surface area contributed by atoms with Gasteiger partial charge in [0, 0.05) is 18.0 Å². The number of halogens is 3. The van der Waals surface area contributed by atoms with Crippen LogP contribution in [0.1, 0.15) is 44.2 Å². The highest BCUT2D eigenvalue weighted by Crippen LogP contribution is 2.43. The minimum atomic E-state index is -4.36. The fraction of sp³-hybridized carbons (Fsp3) is 0.750. The van der Waals surface area contributed by atoms with Crippen molar-refractivity contribution in [1.29, 1.82) is 0 Å². The van der Waals surface area contributed by atoms with Gasteiger partial charge in [-0.25, -0.2) is 4.98 Å². The second-order valence-electron chi connectivity index (χ2n) is 5.62. The SMILES string of the molecule is CC(C)(C)c1sc(N2CCCC2)nc1C(F)(F)F. The van der Waals surface area contributed by atoms with Gasteiger partial charge in [0.15, 0.2) is 10.8 Å². The van der Waals surface area contributed by atoms with Gasteiger partial charge in [0.1, 0.15) is 0 Å². The zero-order valence-electron chi connectivity index (χ0n) is 10.8. The Balaban J connectivity index is 2.44. The molecule has 0 unspecified atom stereocenters. The fourth-order valence-electron chi connectivity index (χ4n) is 2.05. The molecule has 1 aliphatic heterocycles. The summed E-state index contributed by atoms with van der Waals surface area (Å²) in [5.74, 6) is 0. The maximum atomic E-state index is 13.0. The van der Waals surface area contributed by atoms with E-state index in [0.29, 0.717) is 10.0 Å². The third kappa shape index (κ3) is 2.63. The van der Waals surface area contributed by atoms with E-state index in [-0.39, 0.29) is 0 Å². The number of anilines is 1. The zero-order chi connectivity index (χ0) is 13.6. The molecule has 0 amide bonds. The van der Waals surface area contributed by atoms with Crippen molar-refractivity contribution in [2.75, 3.05) is 18.0 Å². The molecule has 1 saturated heterocycles. The summed E-state index contributed by atoms with van der Waals surface area (Å²) in [7, 11) is 0. The van der Waals surface area contributed by atoms with Gasteiger partial charge in [-0.15, -0.1) is 11.3 Å². The molecule has 0 aromatic carbocycles. The lowest BCUT2D eigenvalue weighted by atomic mass is 9.93. The third-order valence-electron chi connectivity index (χ3n) is 2.94. The van der Waals surface area contributed by atoms with Gasteiger partial charge in [0.25, 0.3) is 0 Å². The normalized spacial score (nSPS) is 17.6. The molecule has 0 saturated carbocycles. The molecule has 0 bridgehead atoms. The van der Waals surface area contributed by atoms with Gasteiger partial charge in [-0.3, -0.25) is 0 Å². The topological polar surface area (TPSA) is 16.1 Å². The minimum Gasteiger partial charge on any atom is -0.348 e. The van der Waals surface area contributed by atoms with Gasteiger partial charge in [-0.1, -0.05) is 20.8 Å². The second-order valence-corrected chi connectivity index (χ2v) is 6.59. The first-order valence-electron chi connectivity index (χ1n) is 6.03. The molecule has 2 nitrogen and oxygen atoms in total. The van der Waals surface area contributed by atoms with Crippen LogP contribution in [0.2, 0.25) is 0 Å². The monoisotopic (exact) mass is 278 g/mol. The maximum absolute atomic E-state index is 13.0. The summed E-state index contributed by atoms with van der Waals surface area (Å²) in [5.41, 5.74) is -1.23.